The van der Waals surface area contributed by atoms with Crippen LogP contribution in [0.3, 0.4) is 0 Å². The lowest BCUT2D eigenvalue weighted by atomic mass is 9.89. The molecule has 430 valence electrons. The van der Waals surface area contributed by atoms with Gasteiger partial charge in [0.25, 0.3) is 21.2 Å². The van der Waals surface area contributed by atoms with E-state index in [1.165, 1.54) is 35.6 Å². The lowest BCUT2D eigenvalue weighted by Crippen LogP contribution is -2.59. The largest absolute Gasteiger partial charge is 0.468 e. The van der Waals surface area contributed by atoms with Crippen molar-refractivity contribution in [3.8, 4) is 5.75 Å². The van der Waals surface area contributed by atoms with Gasteiger partial charge in [-0.25, -0.2) is 18.3 Å². The molecular weight excluding hydrogens is 1080 g/mol. The maximum atomic E-state index is 14.6. The Kier molecular flexibility index (Phi) is 18.8. The number of carbonyl (C=O) groups excluding carboxylic acids is 1. The number of esters is 1. The molecule has 0 aliphatic carbocycles. The molecule has 1 spiro atoms. The van der Waals surface area contributed by atoms with E-state index in [0.29, 0.717) is 25.7 Å². The highest BCUT2D eigenvalue weighted by atomic mass is 32.2. The van der Waals surface area contributed by atoms with E-state index >= 15 is 0 Å². The minimum atomic E-state index is -4.34. The van der Waals surface area contributed by atoms with E-state index in [-0.39, 0.29) is 53.7 Å². The van der Waals surface area contributed by atoms with E-state index in [2.05, 4.69) is 25.9 Å². The van der Waals surface area contributed by atoms with Crippen molar-refractivity contribution in [2.45, 2.75) is 192 Å². The number of nitrogens with zero attached hydrogens (tertiary/aromatic N) is 4. The Balaban J connectivity index is 1.16. The van der Waals surface area contributed by atoms with Gasteiger partial charge in [-0.1, -0.05) is 72.6 Å². The summed E-state index contributed by atoms with van der Waals surface area (Å²) in [6, 6.07) is 7.01. The van der Waals surface area contributed by atoms with Crippen LogP contribution in [-0.2, 0) is 64.3 Å². The zero-order chi connectivity index (χ0) is 57.4. The summed E-state index contributed by atoms with van der Waals surface area (Å²) in [6.45, 7) is 24.2. The lowest BCUT2D eigenvalue weighted by Gasteiger charge is -2.43. The number of hydrogen-bond acceptors (Lipinski definition) is 18. The summed E-state index contributed by atoms with van der Waals surface area (Å²) in [5.74, 6) is -0.549. The molecule has 4 N–H and O–H groups in total. The van der Waals surface area contributed by atoms with Gasteiger partial charge in [0, 0.05) is 43.0 Å². The Labute approximate surface area is 451 Å². The Morgan fingerprint density at radius 3 is 1.94 bits per heavy atom. The van der Waals surface area contributed by atoms with Crippen molar-refractivity contribution >= 4 is 40.5 Å². The van der Waals surface area contributed by atoms with Crippen LogP contribution in [0, 0.1) is 13.8 Å². The van der Waals surface area contributed by atoms with Crippen LogP contribution >= 0.6 is 7.75 Å². The van der Waals surface area contributed by atoms with Crippen LogP contribution in [-0.4, -0.2) is 111 Å². The molecule has 3 aromatic rings. The molecule has 5 heterocycles. The van der Waals surface area contributed by atoms with Crippen LogP contribution in [0.25, 0.3) is 0 Å². The third-order valence-corrected chi connectivity index (χ3v) is 27.0. The predicted octanol–water partition coefficient (Wildman–Crippen LogP) is 5.42. The number of nitrogens with one attached hydrogen (secondary N) is 1. The smallest absolute Gasteiger partial charge is 0.459 e. The molecule has 2 saturated heterocycles. The van der Waals surface area contributed by atoms with Gasteiger partial charge in [0.1, 0.15) is 36.3 Å². The number of methoxy groups -OCH3 is 1. The van der Waals surface area contributed by atoms with Gasteiger partial charge in [-0.05, 0) is 82.0 Å². The highest BCUT2D eigenvalue weighted by molar-refractivity contribution is 7.90. The third-order valence-electron chi connectivity index (χ3n) is 15.4. The van der Waals surface area contributed by atoms with E-state index in [9.17, 15) is 42.1 Å². The molecule has 0 radical (unpaired) electrons. The summed E-state index contributed by atoms with van der Waals surface area (Å²) in [5.41, 5.74) is 2.59. The average Bonchev–Trinajstić information content (AvgIpc) is 3.93. The Morgan fingerprint density at radius 2 is 1.42 bits per heavy atom. The molecule has 3 aliphatic rings. The molecule has 3 aliphatic heterocycles. The fourth-order valence-corrected chi connectivity index (χ4v) is 13.8. The summed E-state index contributed by atoms with van der Waals surface area (Å²) in [5, 5.41) is 13.8. The van der Waals surface area contributed by atoms with Crippen molar-refractivity contribution < 1.29 is 59.2 Å². The quantitative estimate of drug-likeness (QED) is 0.0372. The molecule has 1 aromatic carbocycles. The number of aliphatic hydroxyl groups excluding tert-OH is 1. The van der Waals surface area contributed by atoms with Gasteiger partial charge in [-0.3, -0.25) is 37.2 Å². The van der Waals surface area contributed by atoms with Crippen LogP contribution in [0.4, 0.5) is 0 Å². The molecule has 9 atom stereocenters. The zero-order valence-electron chi connectivity index (χ0n) is 46.7. The second-order valence-corrected chi connectivity index (χ2v) is 35.8. The van der Waals surface area contributed by atoms with Crippen molar-refractivity contribution in [3.05, 3.63) is 107 Å². The van der Waals surface area contributed by atoms with Gasteiger partial charge in [-0.15, -0.1) is 0 Å². The van der Waals surface area contributed by atoms with Crippen LogP contribution in [0.15, 0.2) is 73.0 Å². The molecule has 77 heavy (non-hydrogen) atoms. The van der Waals surface area contributed by atoms with Crippen molar-refractivity contribution in [2.24, 2.45) is 5.73 Å². The van der Waals surface area contributed by atoms with Gasteiger partial charge in [0.05, 0.1) is 37.5 Å². The molecular formula is C50H79N6O17PSSi2. The summed E-state index contributed by atoms with van der Waals surface area (Å²) < 4.78 is 93.7. The number of hydrogen-bond donors (Lipinski definition) is 3. The molecule has 27 heteroatoms. The molecule has 2 unspecified atom stereocenters. The molecule has 2 aromatic heterocycles. The maximum Gasteiger partial charge on any atom is 0.459 e. The average molecular weight is 1160 g/mol. The number of para-hydroxylation sites is 1. The van der Waals surface area contributed by atoms with Crippen molar-refractivity contribution in [1.29, 1.82) is 0 Å². The number of aromatic nitrogens is 4. The first kappa shape index (κ1) is 61.9. The van der Waals surface area contributed by atoms with Crippen LogP contribution in [0.1, 0.15) is 104 Å². The minimum Gasteiger partial charge on any atom is -0.468 e. The fraction of sp³-hybridized carbons (Fsp3) is 0.660. The number of carbonyl (C=O) groups is 1. The number of unbranched alkanes of at least 4 members (excludes halogenated alkanes) is 3. The molecule has 0 amide bonds. The second kappa shape index (κ2) is 23.4. The predicted molar refractivity (Wildman–Crippen MR) is 292 cm³/mol. The van der Waals surface area contributed by atoms with Crippen molar-refractivity contribution in [1.82, 2.24) is 23.4 Å². The zero-order valence-corrected chi connectivity index (χ0v) is 50.4. The third kappa shape index (κ3) is 13.5. The summed E-state index contributed by atoms with van der Waals surface area (Å²) in [7, 11) is -12.8. The minimum absolute atomic E-state index is 0.00652. The number of aryl methyl sites for hydroxylation is 2. The van der Waals surface area contributed by atoms with Gasteiger partial charge in [0.2, 0.25) is 0 Å². The first-order valence-electron chi connectivity index (χ1n) is 25.8. The van der Waals surface area contributed by atoms with E-state index in [4.69, 9.17) is 42.0 Å². The number of ether oxygens (including phenoxy) is 3. The SMILES string of the molecule is COC(=O)C(C)NP(=O)(OC[C@@H]1O[C@H](n2cc(C)c(=O)n(CCCCCCn3c(=O)c(C)cn([C@@H]4O[C@H](CO[Si](C)(C)C(C)(C)C)[C@@]5(OS(=O)(=O)C=C5N)[C@H]4O[Si](C)(C)C(C)(C)C)c3=O)c2=O)C[C@H]1O)Oc1ccccc1. The number of rotatable bonds is 22. The van der Waals surface area contributed by atoms with Crippen LogP contribution < -0.4 is 37.8 Å². The molecule has 2 fully saturated rings. The molecule has 6 rings (SSSR count). The number of nitrogens with two attached hydrogens (primary N) is 1. The second-order valence-electron chi connectivity index (χ2n) is 23.2. The van der Waals surface area contributed by atoms with Crippen molar-refractivity contribution in [3.63, 3.8) is 0 Å². The first-order chi connectivity index (χ1) is 35.6. The Bertz CT molecular complexity index is 3080. The van der Waals surface area contributed by atoms with E-state index in [1.54, 1.807) is 44.2 Å². The number of benzene rings is 1. The monoisotopic (exact) mass is 1150 g/mol. The van der Waals surface area contributed by atoms with Crippen molar-refractivity contribution in [2.75, 3.05) is 20.3 Å². The highest BCUT2D eigenvalue weighted by Gasteiger charge is 2.67. The van der Waals surface area contributed by atoms with E-state index < -0.39 is 123 Å². The molecule has 0 saturated carbocycles. The summed E-state index contributed by atoms with van der Waals surface area (Å²) in [6.07, 6.45) is -2.72. The first-order valence-corrected chi connectivity index (χ1v) is 34.7. The molecule has 23 nitrogen and oxygen atoms in total. The van der Waals surface area contributed by atoms with Gasteiger partial charge >= 0.3 is 25.1 Å². The topological polar surface area (TPSA) is 288 Å². The Hall–Kier alpha value is -4.32. The fourth-order valence-electron chi connectivity index (χ4n) is 8.79. The van der Waals surface area contributed by atoms with E-state index in [0.717, 1.165) is 14.5 Å². The van der Waals surface area contributed by atoms with Gasteiger partial charge < -0.3 is 38.4 Å². The maximum absolute atomic E-state index is 14.6. The number of aliphatic hydroxyl groups is 1. The molecule has 0 bridgehead atoms. The lowest BCUT2D eigenvalue weighted by molar-refractivity contribution is -0.142. The summed E-state index contributed by atoms with van der Waals surface area (Å²) >= 11 is 0. The normalized spacial score (nSPS) is 24.9. The summed E-state index contributed by atoms with van der Waals surface area (Å²) in [4.78, 5) is 67.9. The van der Waals surface area contributed by atoms with Gasteiger partial charge in [-0.2, -0.15) is 13.5 Å². The highest BCUT2D eigenvalue weighted by Crippen LogP contribution is 2.52. The Morgan fingerprint density at radius 1 is 0.870 bits per heavy atom. The van der Waals surface area contributed by atoms with Crippen LogP contribution in [0.2, 0.25) is 36.3 Å². The van der Waals surface area contributed by atoms with E-state index in [1.807, 2.05) is 47.0 Å². The van der Waals surface area contributed by atoms with Crippen LogP contribution in [0.5, 0.6) is 5.75 Å². The van der Waals surface area contributed by atoms with Gasteiger partial charge in [0.15, 0.2) is 28.5 Å². The standard InChI is InChI=1S/C50H79N6O17PSSi2/c1-32-27-55(40-26-36(57)37(69-40)29-67-74(63,52-34(3)45(60)66-10)71-35-22-18-17-19-23-35)46(61)53(42(32)58)24-20-15-16-21-25-54-43(59)33(2)28-56(47(54)62)44-41(72-77(13,14)49(7,8)9)50(38(51)31-75(64,65)73-50)39(70-44)30-68-76(11,12)48(4,5)6/h17-19,22-23,27-28,31,34,36-37,39-41,44,57H,15-16,20-21,24-26,29-30,51H2,1-14H3,(H,52,63)/t34?,36-,37+,39-,40+,41+,44-,50-,74?/m1/s1.